The molecule has 0 radical (unpaired) electrons. The lowest BCUT2D eigenvalue weighted by Gasteiger charge is -2.22. The minimum Gasteiger partial charge on any atom is -0.497 e. The molecule has 0 spiro atoms. The molecule has 2 heterocycles. The number of nitrogens with zero attached hydrogens (tertiary/aromatic N) is 2. The van der Waals surface area contributed by atoms with Gasteiger partial charge in [0.2, 0.25) is 0 Å². The van der Waals surface area contributed by atoms with Crippen molar-refractivity contribution in [3.05, 3.63) is 47.5 Å². The van der Waals surface area contributed by atoms with Gasteiger partial charge in [-0.15, -0.1) is 0 Å². The number of carbonyl (C=O) groups is 1. The molecule has 1 amide bonds. The van der Waals surface area contributed by atoms with Crippen LogP contribution in [0.15, 0.2) is 30.5 Å². The molecule has 1 aliphatic heterocycles. The first-order chi connectivity index (χ1) is 11.7. The number of methoxy groups -OCH3 is 1. The normalized spacial score (nSPS) is 17.5. The summed E-state index contributed by atoms with van der Waals surface area (Å²) in [5.74, 6) is -0.248. The van der Waals surface area contributed by atoms with Crippen LogP contribution in [0.4, 0.5) is 4.39 Å². The first-order valence-electron chi connectivity index (χ1n) is 8.03. The van der Waals surface area contributed by atoms with Gasteiger partial charge in [-0.05, 0) is 43.1 Å². The Bertz CT molecular complexity index is 710. The number of rotatable bonds is 5. The molecular formula is C17H21FN4O2. The van der Waals surface area contributed by atoms with E-state index in [1.807, 2.05) is 10.9 Å². The number of benzene rings is 1. The summed E-state index contributed by atoms with van der Waals surface area (Å²) in [5, 5.41) is 10.4. The Morgan fingerprint density at radius 3 is 3.12 bits per heavy atom. The molecule has 24 heavy (non-hydrogen) atoms. The van der Waals surface area contributed by atoms with Gasteiger partial charge < -0.3 is 15.4 Å². The molecule has 0 aliphatic carbocycles. The van der Waals surface area contributed by atoms with Crippen molar-refractivity contribution in [2.75, 3.05) is 20.2 Å². The summed E-state index contributed by atoms with van der Waals surface area (Å²) >= 11 is 0. The molecular weight excluding hydrogens is 311 g/mol. The minimum absolute atomic E-state index is 0.213. The van der Waals surface area contributed by atoms with Crippen LogP contribution in [0.25, 0.3) is 0 Å². The van der Waals surface area contributed by atoms with Crippen molar-refractivity contribution < 1.29 is 13.9 Å². The van der Waals surface area contributed by atoms with Crippen molar-refractivity contribution in [3.8, 4) is 5.75 Å². The average molecular weight is 332 g/mol. The number of hydrogen-bond donors (Lipinski definition) is 2. The lowest BCUT2D eigenvalue weighted by atomic mass is 10.1. The van der Waals surface area contributed by atoms with Gasteiger partial charge in [0.25, 0.3) is 5.91 Å². The first-order valence-corrected chi connectivity index (χ1v) is 8.03. The monoisotopic (exact) mass is 332 g/mol. The Kier molecular flexibility index (Phi) is 5.10. The van der Waals surface area contributed by atoms with Crippen molar-refractivity contribution in [2.45, 2.75) is 25.4 Å². The summed E-state index contributed by atoms with van der Waals surface area (Å²) in [5.41, 5.74) is 1.00. The topological polar surface area (TPSA) is 68.2 Å². The van der Waals surface area contributed by atoms with Gasteiger partial charge in [-0.3, -0.25) is 9.48 Å². The smallest absolute Gasteiger partial charge is 0.272 e. The lowest BCUT2D eigenvalue weighted by molar-refractivity contribution is 0.0944. The third-order valence-corrected chi connectivity index (χ3v) is 4.11. The molecule has 3 rings (SSSR count). The van der Waals surface area contributed by atoms with Gasteiger partial charge in [-0.2, -0.15) is 5.10 Å². The quantitative estimate of drug-likeness (QED) is 0.877. The van der Waals surface area contributed by atoms with Crippen molar-refractivity contribution >= 4 is 5.91 Å². The van der Waals surface area contributed by atoms with Crippen LogP contribution in [0.2, 0.25) is 0 Å². The summed E-state index contributed by atoms with van der Waals surface area (Å²) in [4.78, 5) is 12.2. The zero-order valence-corrected chi connectivity index (χ0v) is 13.6. The molecule has 2 N–H and O–H groups in total. The van der Waals surface area contributed by atoms with Gasteiger partial charge in [-0.1, -0.05) is 0 Å². The molecule has 1 aliphatic rings. The predicted octanol–water partition coefficient (Wildman–Crippen LogP) is 1.89. The zero-order valence-electron chi connectivity index (χ0n) is 13.6. The summed E-state index contributed by atoms with van der Waals surface area (Å²) in [6, 6.07) is 6.35. The van der Waals surface area contributed by atoms with Gasteiger partial charge in [-0.25, -0.2) is 4.39 Å². The average Bonchev–Trinajstić information content (AvgIpc) is 3.10. The van der Waals surface area contributed by atoms with Crippen LogP contribution in [0.5, 0.6) is 5.75 Å². The van der Waals surface area contributed by atoms with Crippen molar-refractivity contribution in [3.63, 3.8) is 0 Å². The van der Waals surface area contributed by atoms with E-state index in [0.29, 0.717) is 17.0 Å². The second kappa shape index (κ2) is 7.44. The van der Waals surface area contributed by atoms with Gasteiger partial charge in [0.1, 0.15) is 17.3 Å². The van der Waals surface area contributed by atoms with Crippen LogP contribution in [-0.4, -0.2) is 35.9 Å². The molecule has 2 aromatic rings. The van der Waals surface area contributed by atoms with Crippen LogP contribution in [-0.2, 0) is 6.54 Å². The highest BCUT2D eigenvalue weighted by molar-refractivity contribution is 5.92. The maximum Gasteiger partial charge on any atom is 0.272 e. The number of amides is 1. The van der Waals surface area contributed by atoms with Gasteiger partial charge in [0.05, 0.1) is 13.2 Å². The fourth-order valence-electron chi connectivity index (χ4n) is 2.84. The minimum atomic E-state index is -0.396. The van der Waals surface area contributed by atoms with Crippen LogP contribution in [0.1, 0.15) is 34.9 Å². The van der Waals surface area contributed by atoms with Crippen LogP contribution in [0, 0.1) is 5.82 Å². The van der Waals surface area contributed by atoms with Gasteiger partial charge in [0, 0.05) is 25.4 Å². The van der Waals surface area contributed by atoms with Crippen LogP contribution >= 0.6 is 0 Å². The second-order valence-corrected chi connectivity index (χ2v) is 5.86. The van der Waals surface area contributed by atoms with E-state index < -0.39 is 5.82 Å². The molecule has 1 aromatic carbocycles. The maximum atomic E-state index is 13.5. The third kappa shape index (κ3) is 3.91. The van der Waals surface area contributed by atoms with Crippen molar-refractivity contribution in [2.24, 2.45) is 0 Å². The largest absolute Gasteiger partial charge is 0.497 e. The first kappa shape index (κ1) is 16.4. The van der Waals surface area contributed by atoms with E-state index >= 15 is 0 Å². The highest BCUT2D eigenvalue weighted by Gasteiger charge is 2.17. The zero-order chi connectivity index (χ0) is 16.9. The second-order valence-electron chi connectivity index (χ2n) is 5.86. The molecule has 7 heteroatoms. The third-order valence-electron chi connectivity index (χ3n) is 4.11. The van der Waals surface area contributed by atoms with Gasteiger partial charge in [0.15, 0.2) is 0 Å². The lowest BCUT2D eigenvalue weighted by Crippen LogP contribution is -2.32. The molecule has 0 bridgehead atoms. The van der Waals surface area contributed by atoms with Crippen LogP contribution < -0.4 is 15.4 Å². The van der Waals surface area contributed by atoms with E-state index in [1.165, 1.54) is 19.2 Å². The molecule has 6 nitrogen and oxygen atoms in total. The predicted molar refractivity (Wildman–Crippen MR) is 87.5 cm³/mol. The van der Waals surface area contributed by atoms with E-state index in [4.69, 9.17) is 4.74 Å². The number of aromatic nitrogens is 2. The fourth-order valence-corrected chi connectivity index (χ4v) is 2.84. The Morgan fingerprint density at radius 1 is 1.50 bits per heavy atom. The summed E-state index contributed by atoms with van der Waals surface area (Å²) in [6.07, 6.45) is 3.99. The number of ether oxygens (including phenoxy) is 1. The Balaban J connectivity index is 1.61. The van der Waals surface area contributed by atoms with E-state index in [2.05, 4.69) is 15.7 Å². The molecule has 1 aromatic heterocycles. The van der Waals surface area contributed by atoms with E-state index in [-0.39, 0.29) is 18.5 Å². The summed E-state index contributed by atoms with van der Waals surface area (Å²) < 4.78 is 20.3. The summed E-state index contributed by atoms with van der Waals surface area (Å²) in [6.45, 7) is 2.11. The SMILES string of the molecule is COc1cc(F)cc(CNC(=O)c2ccn(C3CCCNC3)n2)c1. The summed E-state index contributed by atoms with van der Waals surface area (Å²) in [7, 11) is 1.48. The molecule has 1 fully saturated rings. The number of halogens is 1. The molecule has 128 valence electrons. The van der Waals surface area contributed by atoms with Crippen molar-refractivity contribution in [1.29, 1.82) is 0 Å². The number of carbonyl (C=O) groups excluding carboxylic acids is 1. The molecule has 1 saturated heterocycles. The number of nitrogens with one attached hydrogen (secondary N) is 2. The molecule has 1 atom stereocenters. The highest BCUT2D eigenvalue weighted by atomic mass is 19.1. The number of hydrogen-bond acceptors (Lipinski definition) is 4. The van der Waals surface area contributed by atoms with E-state index in [0.717, 1.165) is 25.9 Å². The standard InChI is InChI=1S/C17H21FN4O2/c1-24-15-8-12(7-13(18)9-15)10-20-17(23)16-4-6-22(21-16)14-3-2-5-19-11-14/h4,6-9,14,19H,2-3,5,10-11H2,1H3,(H,20,23). The van der Waals surface area contributed by atoms with Crippen LogP contribution in [0.3, 0.4) is 0 Å². The maximum absolute atomic E-state index is 13.5. The fraction of sp³-hybridized carbons (Fsp3) is 0.412. The Labute approximate surface area is 140 Å². The number of piperidine rings is 1. The highest BCUT2D eigenvalue weighted by Crippen LogP contribution is 2.17. The van der Waals surface area contributed by atoms with E-state index in [1.54, 1.807) is 12.1 Å². The molecule has 0 saturated carbocycles. The Hall–Kier alpha value is -2.41. The Morgan fingerprint density at radius 2 is 2.38 bits per heavy atom. The van der Waals surface area contributed by atoms with E-state index in [9.17, 15) is 9.18 Å². The van der Waals surface area contributed by atoms with Gasteiger partial charge >= 0.3 is 0 Å². The van der Waals surface area contributed by atoms with Crippen molar-refractivity contribution in [1.82, 2.24) is 20.4 Å². The molecule has 1 unspecified atom stereocenters.